The number of hydrogen-bond donors (Lipinski definition) is 1. The Balaban J connectivity index is 1.71. The fourth-order valence-electron chi connectivity index (χ4n) is 3.55. The van der Waals surface area contributed by atoms with E-state index >= 15 is 0 Å². The first-order valence-electron chi connectivity index (χ1n) is 8.42. The zero-order valence-electron chi connectivity index (χ0n) is 15.1. The predicted molar refractivity (Wildman–Crippen MR) is 95.3 cm³/mol. The van der Waals surface area contributed by atoms with Crippen LogP contribution in [0.4, 0.5) is 0 Å². The van der Waals surface area contributed by atoms with Gasteiger partial charge in [-0.25, -0.2) is 17.9 Å². The van der Waals surface area contributed by atoms with Crippen LogP contribution in [0.1, 0.15) is 42.4 Å². The second-order valence-corrected chi connectivity index (χ2v) is 9.45. The molecule has 0 radical (unpaired) electrons. The maximum absolute atomic E-state index is 12.3. The molecule has 0 aromatic carbocycles. The number of aryl methyl sites for hydroxylation is 3. The molecule has 1 unspecified atom stereocenters. The zero-order valence-corrected chi connectivity index (χ0v) is 15.9. The summed E-state index contributed by atoms with van der Waals surface area (Å²) in [5.41, 5.74) is 3.95. The van der Waals surface area contributed by atoms with Gasteiger partial charge in [0.2, 0.25) is 5.91 Å². The van der Waals surface area contributed by atoms with Gasteiger partial charge in [0, 0.05) is 23.9 Å². The highest BCUT2D eigenvalue weighted by atomic mass is 32.2. The molecule has 2 aromatic heterocycles. The second kappa shape index (κ2) is 6.09. The topological polar surface area (TPSA) is 93.4 Å². The Morgan fingerprint density at radius 1 is 1.36 bits per heavy atom. The Bertz CT molecular complexity index is 948. The van der Waals surface area contributed by atoms with Crippen molar-refractivity contribution in [3.8, 4) is 0 Å². The number of carbonyl (C=O) groups excluding carboxylic acids is 1. The molecule has 0 saturated carbocycles. The summed E-state index contributed by atoms with van der Waals surface area (Å²) in [7, 11) is -3.04. The molecule has 1 aliphatic heterocycles. The molecule has 0 spiro atoms. The van der Waals surface area contributed by atoms with Gasteiger partial charge in [-0.15, -0.1) is 0 Å². The van der Waals surface area contributed by atoms with E-state index < -0.39 is 15.4 Å². The number of nitrogens with zero attached hydrogens (tertiary/aromatic N) is 3. The van der Waals surface area contributed by atoms with Gasteiger partial charge in [0.1, 0.15) is 0 Å². The lowest BCUT2D eigenvalue weighted by Crippen LogP contribution is -2.47. The van der Waals surface area contributed by atoms with E-state index in [1.54, 1.807) is 11.4 Å². The van der Waals surface area contributed by atoms with E-state index in [1.807, 2.05) is 26.8 Å². The van der Waals surface area contributed by atoms with Crippen molar-refractivity contribution < 1.29 is 13.2 Å². The van der Waals surface area contributed by atoms with Crippen molar-refractivity contribution in [1.82, 2.24) is 19.9 Å². The van der Waals surface area contributed by atoms with Gasteiger partial charge in [0.25, 0.3) is 0 Å². The maximum Gasteiger partial charge on any atom is 0.220 e. The van der Waals surface area contributed by atoms with Gasteiger partial charge in [0.05, 0.1) is 22.7 Å². The highest BCUT2D eigenvalue weighted by Gasteiger charge is 2.39. The van der Waals surface area contributed by atoms with Crippen molar-refractivity contribution in [3.63, 3.8) is 0 Å². The van der Waals surface area contributed by atoms with Crippen LogP contribution in [0, 0.1) is 20.8 Å². The third kappa shape index (κ3) is 3.68. The van der Waals surface area contributed by atoms with E-state index in [1.165, 1.54) is 0 Å². The summed E-state index contributed by atoms with van der Waals surface area (Å²) in [6.07, 6.45) is 1.32. The van der Waals surface area contributed by atoms with Gasteiger partial charge in [-0.05, 0) is 46.1 Å². The van der Waals surface area contributed by atoms with E-state index in [4.69, 9.17) is 0 Å². The molecule has 0 aliphatic carbocycles. The maximum atomic E-state index is 12.3. The first-order valence-corrected chi connectivity index (χ1v) is 10.2. The summed E-state index contributed by atoms with van der Waals surface area (Å²) in [5.74, 6) is 0.0283. The monoisotopic (exact) mass is 364 g/mol. The summed E-state index contributed by atoms with van der Waals surface area (Å²) >= 11 is 0. The Morgan fingerprint density at radius 3 is 2.72 bits per heavy atom. The Hall–Kier alpha value is -1.96. The Kier molecular flexibility index (Phi) is 4.35. The quantitative estimate of drug-likeness (QED) is 0.882. The number of sulfone groups is 1. The largest absolute Gasteiger partial charge is 0.350 e. The van der Waals surface area contributed by atoms with Crippen LogP contribution in [0.2, 0.25) is 0 Å². The second-order valence-electron chi connectivity index (χ2n) is 7.27. The molecule has 3 rings (SSSR count). The van der Waals surface area contributed by atoms with Crippen molar-refractivity contribution in [2.45, 2.75) is 52.5 Å². The SMILES string of the molecule is Cc1cc2nc(C)c(CCC(=O)NC3(C)CCS(=O)(=O)C3)c(C)n2n1. The number of nitrogens with one attached hydrogen (secondary N) is 1. The molecule has 2 aromatic rings. The smallest absolute Gasteiger partial charge is 0.220 e. The minimum atomic E-state index is -3.04. The zero-order chi connectivity index (χ0) is 18.4. The van der Waals surface area contributed by atoms with Gasteiger partial charge in [-0.2, -0.15) is 5.10 Å². The molecule has 136 valence electrons. The molecule has 1 saturated heterocycles. The van der Waals surface area contributed by atoms with Crippen LogP contribution in [0.25, 0.3) is 5.65 Å². The molecular formula is C17H24N4O3S. The number of aromatic nitrogens is 3. The van der Waals surface area contributed by atoms with Crippen LogP contribution in [0.3, 0.4) is 0 Å². The van der Waals surface area contributed by atoms with Crippen molar-refractivity contribution in [1.29, 1.82) is 0 Å². The van der Waals surface area contributed by atoms with Crippen molar-refractivity contribution in [2.75, 3.05) is 11.5 Å². The molecule has 1 amide bonds. The average molecular weight is 364 g/mol. The number of hydrogen-bond acceptors (Lipinski definition) is 5. The lowest BCUT2D eigenvalue weighted by Gasteiger charge is -2.24. The van der Waals surface area contributed by atoms with Crippen molar-refractivity contribution >= 4 is 21.4 Å². The Labute approximate surface area is 147 Å². The van der Waals surface area contributed by atoms with Crippen LogP contribution in [-0.4, -0.2) is 46.0 Å². The molecule has 1 atom stereocenters. The van der Waals surface area contributed by atoms with Gasteiger partial charge in [-0.1, -0.05) is 0 Å². The first-order chi connectivity index (χ1) is 11.6. The van der Waals surface area contributed by atoms with E-state index in [9.17, 15) is 13.2 Å². The summed E-state index contributed by atoms with van der Waals surface area (Å²) in [6, 6.07) is 1.93. The van der Waals surface area contributed by atoms with Gasteiger partial charge >= 0.3 is 0 Å². The fourth-order valence-corrected chi connectivity index (χ4v) is 5.64. The van der Waals surface area contributed by atoms with Gasteiger partial charge in [0.15, 0.2) is 15.5 Å². The van der Waals surface area contributed by atoms with Crippen LogP contribution < -0.4 is 5.32 Å². The third-order valence-corrected chi connectivity index (χ3v) is 6.74. The van der Waals surface area contributed by atoms with Crippen molar-refractivity contribution in [3.05, 3.63) is 28.7 Å². The van der Waals surface area contributed by atoms with E-state index in [0.717, 1.165) is 28.3 Å². The molecule has 1 fully saturated rings. The standard InChI is InChI=1S/C17H24N4O3S/c1-11-9-15-18-12(2)14(13(3)21(15)20-11)5-6-16(22)19-17(4)7-8-25(23,24)10-17/h9H,5-8,10H2,1-4H3,(H,19,22). The lowest BCUT2D eigenvalue weighted by molar-refractivity contribution is -0.122. The fraction of sp³-hybridized carbons (Fsp3) is 0.588. The number of amides is 1. The van der Waals surface area contributed by atoms with E-state index in [-0.39, 0.29) is 17.4 Å². The molecule has 0 bridgehead atoms. The summed E-state index contributed by atoms with van der Waals surface area (Å²) < 4.78 is 25.1. The van der Waals surface area contributed by atoms with E-state index in [2.05, 4.69) is 15.4 Å². The summed E-state index contributed by atoms with van der Waals surface area (Å²) in [4.78, 5) is 16.9. The van der Waals surface area contributed by atoms with Crippen LogP contribution in [-0.2, 0) is 21.1 Å². The number of fused-ring (bicyclic) bond motifs is 1. The minimum absolute atomic E-state index is 0.0177. The minimum Gasteiger partial charge on any atom is -0.350 e. The van der Waals surface area contributed by atoms with Crippen molar-refractivity contribution in [2.24, 2.45) is 0 Å². The molecule has 3 heterocycles. The highest BCUT2D eigenvalue weighted by Crippen LogP contribution is 2.23. The molecule has 1 N–H and O–H groups in total. The highest BCUT2D eigenvalue weighted by molar-refractivity contribution is 7.91. The van der Waals surface area contributed by atoms with E-state index in [0.29, 0.717) is 19.3 Å². The molecule has 7 nitrogen and oxygen atoms in total. The molecule has 25 heavy (non-hydrogen) atoms. The van der Waals surface area contributed by atoms with Gasteiger partial charge in [-0.3, -0.25) is 4.79 Å². The van der Waals surface area contributed by atoms with Crippen LogP contribution in [0.15, 0.2) is 6.07 Å². The van der Waals surface area contributed by atoms with Crippen LogP contribution >= 0.6 is 0 Å². The molecular weight excluding hydrogens is 340 g/mol. The van der Waals surface area contributed by atoms with Gasteiger partial charge < -0.3 is 5.32 Å². The average Bonchev–Trinajstić information content (AvgIpc) is 2.97. The normalized spacial score (nSPS) is 22.4. The summed E-state index contributed by atoms with van der Waals surface area (Å²) in [5, 5.41) is 7.34. The first kappa shape index (κ1) is 17.8. The number of rotatable bonds is 4. The molecule has 8 heteroatoms. The lowest BCUT2D eigenvalue weighted by atomic mass is 10.0. The Morgan fingerprint density at radius 2 is 2.08 bits per heavy atom. The summed E-state index contributed by atoms with van der Waals surface area (Å²) in [6.45, 7) is 7.64. The van der Waals surface area contributed by atoms with Crippen LogP contribution in [0.5, 0.6) is 0 Å². The molecule has 1 aliphatic rings. The third-order valence-electron chi connectivity index (χ3n) is 4.83. The number of carbonyl (C=O) groups is 1. The predicted octanol–water partition coefficient (Wildman–Crippen LogP) is 1.28.